The fourth-order valence-corrected chi connectivity index (χ4v) is 3.13. The quantitative estimate of drug-likeness (QED) is 0.796. The number of hydrogen-bond acceptors (Lipinski definition) is 5. The summed E-state index contributed by atoms with van der Waals surface area (Å²) in [6, 6.07) is 5.62. The fraction of sp³-hybridized carbons (Fsp3) is 0.529. The van der Waals surface area contributed by atoms with Crippen molar-refractivity contribution < 1.29 is 19.1 Å². The van der Waals surface area contributed by atoms with Gasteiger partial charge in [-0.05, 0) is 32.0 Å². The summed E-state index contributed by atoms with van der Waals surface area (Å²) in [7, 11) is 4.93. The van der Waals surface area contributed by atoms with Crippen molar-refractivity contribution in [2.75, 3.05) is 40.9 Å². The lowest BCUT2D eigenvalue weighted by atomic mass is 10.0. The van der Waals surface area contributed by atoms with E-state index in [1.165, 1.54) is 0 Å². The van der Waals surface area contributed by atoms with E-state index >= 15 is 0 Å². The highest BCUT2D eigenvalue weighted by atomic mass is 16.5. The Balaban J connectivity index is 2.15. The number of benzene rings is 1. The minimum absolute atomic E-state index is 0.0147. The number of primary amides is 1. The molecule has 1 saturated heterocycles. The zero-order valence-electron chi connectivity index (χ0n) is 14.4. The molecule has 0 aliphatic carbocycles. The predicted molar refractivity (Wildman–Crippen MR) is 89.9 cm³/mol. The van der Waals surface area contributed by atoms with Crippen molar-refractivity contribution in [1.29, 1.82) is 0 Å². The molecule has 1 heterocycles. The SMILES string of the molecule is COc1ccc(C2CCCN2C(=O)CN(C)CC(N)=O)c(OC)c1. The zero-order valence-corrected chi connectivity index (χ0v) is 14.4. The van der Waals surface area contributed by atoms with Crippen molar-refractivity contribution in [3.63, 3.8) is 0 Å². The molecule has 0 spiro atoms. The van der Waals surface area contributed by atoms with Gasteiger partial charge in [0.05, 0.1) is 33.4 Å². The summed E-state index contributed by atoms with van der Waals surface area (Å²) >= 11 is 0. The number of carbonyl (C=O) groups excluding carboxylic acids is 2. The molecule has 7 nitrogen and oxygen atoms in total. The van der Waals surface area contributed by atoms with Gasteiger partial charge < -0.3 is 20.1 Å². The molecule has 2 rings (SSSR count). The van der Waals surface area contributed by atoms with Crippen molar-refractivity contribution in [1.82, 2.24) is 9.80 Å². The van der Waals surface area contributed by atoms with Gasteiger partial charge in [-0.25, -0.2) is 0 Å². The van der Waals surface area contributed by atoms with Gasteiger partial charge in [-0.2, -0.15) is 0 Å². The van der Waals surface area contributed by atoms with Crippen molar-refractivity contribution >= 4 is 11.8 Å². The molecule has 1 aliphatic rings. The molecule has 7 heteroatoms. The lowest BCUT2D eigenvalue weighted by Crippen LogP contribution is -2.41. The van der Waals surface area contributed by atoms with E-state index in [0.717, 1.165) is 18.4 Å². The van der Waals surface area contributed by atoms with E-state index in [4.69, 9.17) is 15.2 Å². The number of carbonyl (C=O) groups is 2. The molecule has 24 heavy (non-hydrogen) atoms. The summed E-state index contributed by atoms with van der Waals surface area (Å²) in [5.74, 6) is 0.969. The van der Waals surface area contributed by atoms with Crippen LogP contribution in [0, 0.1) is 0 Å². The van der Waals surface area contributed by atoms with Gasteiger partial charge in [0.2, 0.25) is 11.8 Å². The molecule has 0 aromatic heterocycles. The third kappa shape index (κ3) is 4.17. The van der Waals surface area contributed by atoms with Gasteiger partial charge in [-0.1, -0.05) is 0 Å². The van der Waals surface area contributed by atoms with Gasteiger partial charge in [0, 0.05) is 18.2 Å². The average molecular weight is 335 g/mol. The Bertz CT molecular complexity index is 605. The first kappa shape index (κ1) is 18.1. The van der Waals surface area contributed by atoms with Crippen molar-refractivity contribution in [2.24, 2.45) is 5.73 Å². The number of amides is 2. The number of rotatable bonds is 7. The second-order valence-electron chi connectivity index (χ2n) is 5.99. The van der Waals surface area contributed by atoms with Crippen molar-refractivity contribution in [3.05, 3.63) is 23.8 Å². The molecule has 1 unspecified atom stereocenters. The van der Waals surface area contributed by atoms with E-state index in [2.05, 4.69) is 0 Å². The summed E-state index contributed by atoms with van der Waals surface area (Å²) in [6.07, 6.45) is 1.82. The lowest BCUT2D eigenvalue weighted by Gasteiger charge is -2.28. The zero-order chi connectivity index (χ0) is 17.7. The number of hydrogen-bond donors (Lipinski definition) is 1. The van der Waals surface area contributed by atoms with E-state index in [9.17, 15) is 9.59 Å². The van der Waals surface area contributed by atoms with Crippen LogP contribution in [-0.2, 0) is 9.59 Å². The second-order valence-corrected chi connectivity index (χ2v) is 5.99. The third-order valence-electron chi connectivity index (χ3n) is 4.20. The maximum Gasteiger partial charge on any atom is 0.237 e. The van der Waals surface area contributed by atoms with Crippen molar-refractivity contribution in [2.45, 2.75) is 18.9 Å². The lowest BCUT2D eigenvalue weighted by molar-refractivity contribution is -0.133. The number of methoxy groups -OCH3 is 2. The first-order valence-electron chi connectivity index (χ1n) is 7.94. The topological polar surface area (TPSA) is 85.1 Å². The molecule has 132 valence electrons. The van der Waals surface area contributed by atoms with E-state index in [0.29, 0.717) is 18.0 Å². The molecule has 1 aromatic carbocycles. The first-order chi connectivity index (χ1) is 11.5. The molecule has 1 aromatic rings. The van der Waals surface area contributed by atoms with Crippen LogP contribution in [-0.4, -0.2) is 62.5 Å². The number of ether oxygens (including phenoxy) is 2. The predicted octanol–water partition coefficient (Wildman–Crippen LogP) is 0.784. The van der Waals surface area contributed by atoms with Gasteiger partial charge in [0.15, 0.2) is 0 Å². The van der Waals surface area contributed by atoms with E-state index < -0.39 is 5.91 Å². The summed E-state index contributed by atoms with van der Waals surface area (Å²) in [4.78, 5) is 27.1. The molecule has 1 atom stereocenters. The number of nitrogens with two attached hydrogens (primary N) is 1. The van der Waals surface area contributed by atoms with Gasteiger partial charge >= 0.3 is 0 Å². The average Bonchev–Trinajstić information content (AvgIpc) is 3.02. The van der Waals surface area contributed by atoms with Crippen LogP contribution in [0.1, 0.15) is 24.4 Å². The Morgan fingerprint density at radius 3 is 2.67 bits per heavy atom. The highest BCUT2D eigenvalue weighted by molar-refractivity contribution is 5.81. The Hall–Kier alpha value is -2.28. The summed E-state index contributed by atoms with van der Waals surface area (Å²) in [6.45, 7) is 0.928. The second kappa shape index (κ2) is 8.01. The largest absolute Gasteiger partial charge is 0.497 e. The van der Waals surface area contributed by atoms with Crippen LogP contribution in [0.3, 0.4) is 0 Å². The monoisotopic (exact) mass is 335 g/mol. The smallest absolute Gasteiger partial charge is 0.237 e. The van der Waals surface area contributed by atoms with Crippen LogP contribution in [0.2, 0.25) is 0 Å². The Kier molecular flexibility index (Phi) is 6.03. The molecular weight excluding hydrogens is 310 g/mol. The highest BCUT2D eigenvalue weighted by Gasteiger charge is 2.32. The molecule has 1 aliphatic heterocycles. The number of nitrogens with zero attached hydrogens (tertiary/aromatic N) is 2. The molecular formula is C17H25N3O4. The number of likely N-dealkylation sites (N-methyl/N-ethyl adjacent to an activating group) is 1. The van der Waals surface area contributed by atoms with Crippen LogP contribution in [0.5, 0.6) is 11.5 Å². The van der Waals surface area contributed by atoms with Gasteiger partial charge in [0.1, 0.15) is 11.5 Å². The van der Waals surface area contributed by atoms with E-state index in [1.807, 2.05) is 23.1 Å². The highest BCUT2D eigenvalue weighted by Crippen LogP contribution is 2.38. The molecule has 0 saturated carbocycles. The maximum absolute atomic E-state index is 12.6. The fourth-order valence-electron chi connectivity index (χ4n) is 3.13. The standard InChI is InChI=1S/C17H25N3O4/c1-19(10-16(18)21)11-17(22)20-8-4-5-14(20)13-7-6-12(23-2)9-15(13)24-3/h6-7,9,14H,4-5,8,10-11H2,1-3H3,(H2,18,21). The summed E-state index contributed by atoms with van der Waals surface area (Å²) in [5, 5.41) is 0. The van der Waals surface area contributed by atoms with Gasteiger partial charge in [-0.15, -0.1) is 0 Å². The minimum Gasteiger partial charge on any atom is -0.497 e. The minimum atomic E-state index is -0.444. The molecule has 2 amide bonds. The summed E-state index contributed by atoms with van der Waals surface area (Å²) < 4.78 is 10.7. The van der Waals surface area contributed by atoms with Crippen LogP contribution in [0.25, 0.3) is 0 Å². The van der Waals surface area contributed by atoms with E-state index in [1.54, 1.807) is 26.2 Å². The molecule has 1 fully saturated rings. The third-order valence-corrected chi connectivity index (χ3v) is 4.20. The van der Waals surface area contributed by atoms with Crippen molar-refractivity contribution in [3.8, 4) is 11.5 Å². The molecule has 0 bridgehead atoms. The first-order valence-corrected chi connectivity index (χ1v) is 7.94. The Labute approximate surface area is 142 Å². The van der Waals surface area contributed by atoms with Crippen LogP contribution in [0.4, 0.5) is 0 Å². The van der Waals surface area contributed by atoms with E-state index in [-0.39, 0.29) is 25.0 Å². The van der Waals surface area contributed by atoms with Crippen LogP contribution in [0.15, 0.2) is 18.2 Å². The number of likely N-dealkylation sites (tertiary alicyclic amines) is 1. The van der Waals surface area contributed by atoms with Crippen LogP contribution >= 0.6 is 0 Å². The molecule has 2 N–H and O–H groups in total. The van der Waals surface area contributed by atoms with Gasteiger partial charge in [0.25, 0.3) is 0 Å². The Morgan fingerprint density at radius 1 is 1.29 bits per heavy atom. The summed E-state index contributed by atoms with van der Waals surface area (Å²) in [5.41, 5.74) is 6.15. The normalized spacial score (nSPS) is 17.2. The maximum atomic E-state index is 12.6. The molecule has 0 radical (unpaired) electrons. The Morgan fingerprint density at radius 2 is 2.04 bits per heavy atom. The van der Waals surface area contributed by atoms with Gasteiger partial charge in [-0.3, -0.25) is 14.5 Å². The van der Waals surface area contributed by atoms with Crippen LogP contribution < -0.4 is 15.2 Å².